The molecule has 1 aliphatic rings. The number of benzene rings is 2. The molecule has 4 rings (SSSR count). The Kier molecular flexibility index (Phi) is 2.81. The van der Waals surface area contributed by atoms with E-state index in [1.807, 2.05) is 37.5 Å². The minimum absolute atomic E-state index is 0.154. The third-order valence-electron chi connectivity index (χ3n) is 4.24. The number of nitrogens with one attached hydrogen (secondary N) is 1. The van der Waals surface area contributed by atoms with Crippen LogP contribution in [0.1, 0.15) is 5.56 Å². The van der Waals surface area contributed by atoms with Crippen molar-refractivity contribution >= 4 is 26.6 Å². The zero-order chi connectivity index (χ0) is 15.3. The Morgan fingerprint density at radius 1 is 1.14 bits per heavy atom. The third-order valence-corrected chi connectivity index (χ3v) is 5.50. The first-order valence-corrected chi connectivity index (χ1v) is 8.87. The van der Waals surface area contributed by atoms with Gasteiger partial charge in [-0.2, -0.15) is 0 Å². The van der Waals surface area contributed by atoms with Crippen LogP contribution in [0.2, 0.25) is 0 Å². The van der Waals surface area contributed by atoms with Crippen molar-refractivity contribution in [1.82, 2.24) is 4.57 Å². The quantitative estimate of drug-likeness (QED) is 0.750. The molecule has 0 amide bonds. The second-order valence-electron chi connectivity index (χ2n) is 5.71. The van der Waals surface area contributed by atoms with Crippen LogP contribution in [-0.2, 0) is 23.5 Å². The number of hydrogen-bond donors (Lipinski definition) is 1. The van der Waals surface area contributed by atoms with Crippen molar-refractivity contribution in [3.05, 3.63) is 54.2 Å². The Morgan fingerprint density at radius 2 is 2.00 bits per heavy atom. The molecule has 2 heterocycles. The van der Waals surface area contributed by atoms with Crippen molar-refractivity contribution in [2.24, 2.45) is 7.05 Å². The van der Waals surface area contributed by atoms with Crippen molar-refractivity contribution in [2.75, 3.05) is 10.5 Å². The summed E-state index contributed by atoms with van der Waals surface area (Å²) in [5.74, 6) is 0.154. The van der Waals surface area contributed by atoms with Gasteiger partial charge in [0.25, 0.3) is 0 Å². The fraction of sp³-hybridized carbons (Fsp3) is 0.176. The Balaban J connectivity index is 1.91. The highest BCUT2D eigenvalue weighted by Crippen LogP contribution is 2.35. The molecular weight excluding hydrogens is 296 g/mol. The van der Waals surface area contributed by atoms with Gasteiger partial charge in [0.2, 0.25) is 10.0 Å². The molecule has 0 spiro atoms. The molecule has 22 heavy (non-hydrogen) atoms. The zero-order valence-electron chi connectivity index (χ0n) is 12.2. The molecule has 0 fully saturated rings. The average Bonchev–Trinajstić information content (AvgIpc) is 2.87. The Bertz CT molecular complexity index is 987. The van der Waals surface area contributed by atoms with Crippen LogP contribution in [0.25, 0.3) is 22.0 Å². The highest BCUT2D eigenvalue weighted by atomic mass is 32.2. The summed E-state index contributed by atoms with van der Waals surface area (Å²) in [4.78, 5) is 0. The van der Waals surface area contributed by atoms with Crippen LogP contribution in [0.4, 0.5) is 5.69 Å². The SMILES string of the molecule is Cn1ccc2cc(-c3cccc4c3NS(=O)(=O)CC4)ccc21. The molecule has 0 saturated heterocycles. The smallest absolute Gasteiger partial charge is 0.233 e. The predicted molar refractivity (Wildman–Crippen MR) is 89.5 cm³/mol. The van der Waals surface area contributed by atoms with E-state index in [0.717, 1.165) is 33.3 Å². The maximum atomic E-state index is 11.9. The van der Waals surface area contributed by atoms with Gasteiger partial charge in [0, 0.05) is 29.7 Å². The van der Waals surface area contributed by atoms with Gasteiger partial charge in [-0.1, -0.05) is 24.3 Å². The van der Waals surface area contributed by atoms with Gasteiger partial charge in [0.15, 0.2) is 0 Å². The summed E-state index contributed by atoms with van der Waals surface area (Å²) in [5.41, 5.74) is 4.91. The minimum Gasteiger partial charge on any atom is -0.351 e. The van der Waals surface area contributed by atoms with E-state index in [2.05, 4.69) is 27.5 Å². The maximum Gasteiger partial charge on any atom is 0.233 e. The van der Waals surface area contributed by atoms with Gasteiger partial charge in [0.1, 0.15) is 0 Å². The van der Waals surface area contributed by atoms with Crippen LogP contribution in [0.3, 0.4) is 0 Å². The van der Waals surface area contributed by atoms with Gasteiger partial charge >= 0.3 is 0 Å². The van der Waals surface area contributed by atoms with E-state index >= 15 is 0 Å². The molecule has 0 unspecified atom stereocenters. The summed E-state index contributed by atoms with van der Waals surface area (Å²) < 4.78 is 28.6. The number of sulfonamides is 1. The number of aromatic nitrogens is 1. The third kappa shape index (κ3) is 2.09. The van der Waals surface area contributed by atoms with E-state index in [1.165, 1.54) is 0 Å². The van der Waals surface area contributed by atoms with Crippen molar-refractivity contribution in [3.63, 3.8) is 0 Å². The fourth-order valence-electron chi connectivity index (χ4n) is 3.07. The summed E-state index contributed by atoms with van der Waals surface area (Å²) in [6, 6.07) is 14.2. The van der Waals surface area contributed by atoms with Gasteiger partial charge in [-0.25, -0.2) is 8.42 Å². The lowest BCUT2D eigenvalue weighted by Gasteiger charge is -2.21. The summed E-state index contributed by atoms with van der Waals surface area (Å²) in [5, 5.41) is 1.15. The van der Waals surface area contributed by atoms with E-state index in [1.54, 1.807) is 0 Å². The molecule has 2 aromatic carbocycles. The standard InChI is InChI=1S/C17H16N2O2S/c1-19-9-7-14-11-13(5-6-16(14)19)15-4-2-3-12-8-10-22(20,21)18-17(12)15/h2-7,9,11,18H,8,10H2,1H3. The van der Waals surface area contributed by atoms with Gasteiger partial charge in [0.05, 0.1) is 11.4 Å². The van der Waals surface area contributed by atoms with Crippen molar-refractivity contribution < 1.29 is 8.42 Å². The number of anilines is 1. The topological polar surface area (TPSA) is 51.1 Å². The second kappa shape index (κ2) is 4.61. The highest BCUT2D eigenvalue weighted by molar-refractivity contribution is 7.92. The molecule has 0 atom stereocenters. The molecular formula is C17H16N2O2S. The lowest BCUT2D eigenvalue weighted by Crippen LogP contribution is -2.24. The van der Waals surface area contributed by atoms with Crippen LogP contribution >= 0.6 is 0 Å². The van der Waals surface area contributed by atoms with Crippen LogP contribution in [0, 0.1) is 0 Å². The van der Waals surface area contributed by atoms with E-state index in [4.69, 9.17) is 0 Å². The monoisotopic (exact) mass is 312 g/mol. The molecule has 0 aliphatic carbocycles. The van der Waals surface area contributed by atoms with Gasteiger partial charge in [-0.15, -0.1) is 0 Å². The summed E-state index contributed by atoms with van der Waals surface area (Å²) in [7, 11) is -1.20. The van der Waals surface area contributed by atoms with E-state index in [9.17, 15) is 8.42 Å². The first-order valence-electron chi connectivity index (χ1n) is 7.21. The molecule has 0 saturated carbocycles. The molecule has 0 radical (unpaired) electrons. The number of para-hydroxylation sites is 1. The van der Waals surface area contributed by atoms with Crippen LogP contribution in [-0.4, -0.2) is 18.7 Å². The number of fused-ring (bicyclic) bond motifs is 2. The maximum absolute atomic E-state index is 11.9. The van der Waals surface area contributed by atoms with Gasteiger partial charge in [-0.3, -0.25) is 4.72 Å². The average molecular weight is 312 g/mol. The molecule has 1 aliphatic heterocycles. The van der Waals surface area contributed by atoms with Crippen LogP contribution in [0.15, 0.2) is 48.7 Å². The largest absolute Gasteiger partial charge is 0.351 e. The number of rotatable bonds is 1. The molecule has 112 valence electrons. The predicted octanol–water partition coefficient (Wildman–Crippen LogP) is 3.14. The van der Waals surface area contributed by atoms with E-state index in [0.29, 0.717) is 6.42 Å². The van der Waals surface area contributed by atoms with Gasteiger partial charge in [-0.05, 0) is 35.7 Å². The van der Waals surface area contributed by atoms with Gasteiger partial charge < -0.3 is 4.57 Å². The molecule has 1 N–H and O–H groups in total. The lowest BCUT2D eigenvalue weighted by atomic mass is 9.98. The molecule has 1 aromatic heterocycles. The normalized spacial score (nSPS) is 16.2. The first-order chi connectivity index (χ1) is 10.5. The minimum atomic E-state index is -3.22. The van der Waals surface area contributed by atoms with Crippen molar-refractivity contribution in [2.45, 2.75) is 6.42 Å². The lowest BCUT2D eigenvalue weighted by molar-refractivity contribution is 0.599. The fourth-order valence-corrected chi connectivity index (χ4v) is 4.21. The molecule has 5 heteroatoms. The van der Waals surface area contributed by atoms with Crippen molar-refractivity contribution in [1.29, 1.82) is 0 Å². The van der Waals surface area contributed by atoms with Crippen LogP contribution < -0.4 is 4.72 Å². The van der Waals surface area contributed by atoms with Crippen LogP contribution in [0.5, 0.6) is 0 Å². The summed E-state index contributed by atoms with van der Waals surface area (Å²) >= 11 is 0. The number of nitrogens with zero attached hydrogens (tertiary/aromatic N) is 1. The molecule has 3 aromatic rings. The van der Waals surface area contributed by atoms with Crippen molar-refractivity contribution in [3.8, 4) is 11.1 Å². The second-order valence-corrected chi connectivity index (χ2v) is 7.55. The highest BCUT2D eigenvalue weighted by Gasteiger charge is 2.22. The van der Waals surface area contributed by atoms with E-state index < -0.39 is 10.0 Å². The summed E-state index contributed by atoms with van der Waals surface area (Å²) in [6.45, 7) is 0. The zero-order valence-corrected chi connectivity index (χ0v) is 13.0. The summed E-state index contributed by atoms with van der Waals surface area (Å²) in [6.07, 6.45) is 2.59. The van der Waals surface area contributed by atoms with E-state index in [-0.39, 0.29) is 5.75 Å². The number of aryl methyl sites for hydroxylation is 2. The molecule has 0 bridgehead atoms. The molecule has 4 nitrogen and oxygen atoms in total. The first kappa shape index (κ1) is 13.4. The Hall–Kier alpha value is -2.27. The Labute approximate surface area is 129 Å². The Morgan fingerprint density at radius 3 is 2.86 bits per heavy atom. The number of hydrogen-bond acceptors (Lipinski definition) is 2.